The molecule has 0 aliphatic carbocycles. The Morgan fingerprint density at radius 2 is 1.76 bits per heavy atom. The van der Waals surface area contributed by atoms with Crippen molar-refractivity contribution >= 4 is 21.6 Å². The zero-order chi connectivity index (χ0) is 23.4. The molecule has 7 heteroatoms. The fourth-order valence-corrected chi connectivity index (χ4v) is 4.27. The highest BCUT2D eigenvalue weighted by Gasteiger charge is 2.29. The first-order chi connectivity index (χ1) is 16.0. The van der Waals surface area contributed by atoms with E-state index in [1.165, 1.54) is 0 Å². The van der Waals surface area contributed by atoms with Crippen molar-refractivity contribution in [2.45, 2.75) is 25.6 Å². The quantitative estimate of drug-likeness (QED) is 0.420. The van der Waals surface area contributed by atoms with Crippen LogP contribution in [0.25, 0.3) is 0 Å². The molecule has 0 fully saturated rings. The predicted molar refractivity (Wildman–Crippen MR) is 133 cm³/mol. The van der Waals surface area contributed by atoms with Gasteiger partial charge in [-0.3, -0.25) is 10.3 Å². The maximum Gasteiger partial charge on any atom is 0.162 e. The van der Waals surface area contributed by atoms with E-state index < -0.39 is 0 Å². The first-order valence-electron chi connectivity index (χ1n) is 10.8. The Hall–Kier alpha value is -3.03. The van der Waals surface area contributed by atoms with Crippen LogP contribution in [0.3, 0.4) is 0 Å². The predicted octanol–water partition coefficient (Wildman–Crippen LogP) is 5.79. The van der Waals surface area contributed by atoms with Crippen LogP contribution in [0, 0.1) is 0 Å². The first-order valence-corrected chi connectivity index (χ1v) is 11.6. The highest BCUT2D eigenvalue weighted by molar-refractivity contribution is 9.10. The standard InChI is InChI=1S/C26H27BrN2O4/c1-4-33-23-7-5-6-19(25(23)30)21-15-20(16-8-11-18(27)12-9-16)28-26(29-21)17-10-13-22(31-2)24(14-17)32-3/h5-14,21,26,29-30H,4,15H2,1-3H3. The van der Waals surface area contributed by atoms with E-state index in [9.17, 15) is 5.11 Å². The van der Waals surface area contributed by atoms with Crippen molar-refractivity contribution in [1.29, 1.82) is 0 Å². The van der Waals surface area contributed by atoms with Crippen LogP contribution in [-0.2, 0) is 0 Å². The number of halogens is 1. The molecule has 1 aliphatic heterocycles. The Morgan fingerprint density at radius 1 is 1.00 bits per heavy atom. The summed E-state index contributed by atoms with van der Waals surface area (Å²) in [5.74, 6) is 1.93. The number of nitrogens with one attached hydrogen (secondary N) is 1. The fourth-order valence-electron chi connectivity index (χ4n) is 4.01. The summed E-state index contributed by atoms with van der Waals surface area (Å²) in [5.41, 5.74) is 3.70. The number of phenols is 1. The molecule has 0 saturated carbocycles. The summed E-state index contributed by atoms with van der Waals surface area (Å²) < 4.78 is 17.5. The van der Waals surface area contributed by atoms with Gasteiger partial charge in [0.1, 0.15) is 6.17 Å². The Balaban J connectivity index is 1.77. The van der Waals surface area contributed by atoms with Crippen LogP contribution in [0.2, 0.25) is 0 Å². The summed E-state index contributed by atoms with van der Waals surface area (Å²) in [5, 5.41) is 14.5. The van der Waals surface area contributed by atoms with Gasteiger partial charge in [0.15, 0.2) is 23.0 Å². The van der Waals surface area contributed by atoms with Crippen molar-refractivity contribution in [1.82, 2.24) is 5.32 Å². The Labute approximate surface area is 202 Å². The minimum atomic E-state index is -0.336. The second-order valence-corrected chi connectivity index (χ2v) is 8.57. The summed E-state index contributed by atoms with van der Waals surface area (Å²) >= 11 is 3.50. The van der Waals surface area contributed by atoms with Gasteiger partial charge in [0, 0.05) is 28.2 Å². The lowest BCUT2D eigenvalue weighted by molar-refractivity contribution is 0.313. The number of benzene rings is 3. The summed E-state index contributed by atoms with van der Waals surface area (Å²) in [6.07, 6.45) is 0.284. The molecule has 0 amide bonds. The highest BCUT2D eigenvalue weighted by atomic mass is 79.9. The molecule has 1 aliphatic rings. The summed E-state index contributed by atoms with van der Waals surface area (Å²) in [6, 6.07) is 19.3. The number of ether oxygens (including phenoxy) is 3. The van der Waals surface area contributed by atoms with Crippen LogP contribution in [0.15, 0.2) is 70.1 Å². The minimum absolute atomic E-state index is 0.153. The number of nitrogens with zero attached hydrogens (tertiary/aromatic N) is 1. The normalized spacial score (nSPS) is 17.9. The van der Waals surface area contributed by atoms with Crippen LogP contribution >= 0.6 is 15.9 Å². The van der Waals surface area contributed by atoms with Gasteiger partial charge in [0.25, 0.3) is 0 Å². The number of phenolic OH excluding ortho intramolecular Hbond substituents is 1. The zero-order valence-corrected chi connectivity index (χ0v) is 20.4. The molecule has 0 radical (unpaired) electrons. The number of hydrogen-bond donors (Lipinski definition) is 2. The maximum absolute atomic E-state index is 10.9. The van der Waals surface area contributed by atoms with Gasteiger partial charge >= 0.3 is 0 Å². The molecule has 2 N–H and O–H groups in total. The summed E-state index contributed by atoms with van der Waals surface area (Å²) in [4.78, 5) is 5.03. The molecule has 0 saturated heterocycles. The van der Waals surface area contributed by atoms with E-state index in [0.717, 1.165) is 26.9 Å². The molecule has 172 valence electrons. The molecule has 1 heterocycles. The Kier molecular flexibility index (Phi) is 7.20. The van der Waals surface area contributed by atoms with E-state index in [-0.39, 0.29) is 18.0 Å². The summed E-state index contributed by atoms with van der Waals surface area (Å²) in [7, 11) is 3.23. The van der Waals surface area contributed by atoms with Crippen LogP contribution in [0.5, 0.6) is 23.0 Å². The Morgan fingerprint density at radius 3 is 2.45 bits per heavy atom. The van der Waals surface area contributed by atoms with Gasteiger partial charge in [-0.1, -0.05) is 46.3 Å². The van der Waals surface area contributed by atoms with E-state index in [4.69, 9.17) is 19.2 Å². The third-order valence-electron chi connectivity index (χ3n) is 5.65. The maximum atomic E-state index is 10.9. The molecule has 2 atom stereocenters. The zero-order valence-electron chi connectivity index (χ0n) is 18.8. The lowest BCUT2D eigenvalue weighted by atomic mass is 9.93. The summed E-state index contributed by atoms with van der Waals surface area (Å²) in [6.45, 7) is 2.38. The van der Waals surface area contributed by atoms with Crippen LogP contribution in [-0.4, -0.2) is 31.6 Å². The van der Waals surface area contributed by atoms with Crippen molar-refractivity contribution in [3.63, 3.8) is 0 Å². The lowest BCUT2D eigenvalue weighted by Gasteiger charge is -2.31. The van der Waals surface area contributed by atoms with Crippen molar-refractivity contribution in [3.05, 3.63) is 81.8 Å². The fraction of sp³-hybridized carbons (Fsp3) is 0.269. The lowest BCUT2D eigenvalue weighted by Crippen LogP contribution is -2.33. The molecule has 3 aromatic rings. The van der Waals surface area contributed by atoms with Crippen molar-refractivity contribution in [2.75, 3.05) is 20.8 Å². The molecule has 0 aromatic heterocycles. The second-order valence-electron chi connectivity index (χ2n) is 7.65. The van der Waals surface area contributed by atoms with Crippen molar-refractivity contribution < 1.29 is 19.3 Å². The largest absolute Gasteiger partial charge is 0.504 e. The average Bonchev–Trinajstić information content (AvgIpc) is 2.85. The number of methoxy groups -OCH3 is 2. The van der Waals surface area contributed by atoms with Gasteiger partial charge < -0.3 is 19.3 Å². The van der Waals surface area contributed by atoms with E-state index in [0.29, 0.717) is 30.3 Å². The minimum Gasteiger partial charge on any atom is -0.504 e. The number of aliphatic imine (C=N–C) groups is 1. The van der Waals surface area contributed by atoms with Crippen molar-refractivity contribution in [2.24, 2.45) is 4.99 Å². The van der Waals surface area contributed by atoms with Crippen LogP contribution in [0.4, 0.5) is 0 Å². The van der Waals surface area contributed by atoms with E-state index in [2.05, 4.69) is 21.2 Å². The molecule has 33 heavy (non-hydrogen) atoms. The smallest absolute Gasteiger partial charge is 0.162 e. The van der Waals surface area contributed by atoms with Crippen LogP contribution < -0.4 is 19.5 Å². The molecule has 0 spiro atoms. The number of rotatable bonds is 7. The molecular formula is C26H27BrN2O4. The number of hydrogen-bond acceptors (Lipinski definition) is 6. The average molecular weight is 511 g/mol. The van der Waals surface area contributed by atoms with E-state index >= 15 is 0 Å². The Bertz CT molecular complexity index is 1150. The van der Waals surface area contributed by atoms with Gasteiger partial charge in [0.05, 0.1) is 20.8 Å². The molecule has 6 nitrogen and oxygen atoms in total. The molecule has 3 aromatic carbocycles. The van der Waals surface area contributed by atoms with Gasteiger partial charge in [-0.15, -0.1) is 0 Å². The SMILES string of the molecule is CCOc1cccc(C2CC(c3ccc(Br)cc3)=NC(c3ccc(OC)c(OC)c3)N2)c1O. The molecular weight excluding hydrogens is 484 g/mol. The number of para-hydroxylation sites is 1. The van der Waals surface area contributed by atoms with E-state index in [1.54, 1.807) is 20.3 Å². The molecule has 2 unspecified atom stereocenters. The molecule has 0 bridgehead atoms. The highest BCUT2D eigenvalue weighted by Crippen LogP contribution is 2.40. The number of aromatic hydroxyl groups is 1. The first kappa shape index (κ1) is 23.1. The van der Waals surface area contributed by atoms with Gasteiger partial charge in [0.2, 0.25) is 0 Å². The third-order valence-corrected chi connectivity index (χ3v) is 6.18. The van der Waals surface area contributed by atoms with E-state index in [1.807, 2.05) is 61.5 Å². The monoisotopic (exact) mass is 510 g/mol. The van der Waals surface area contributed by atoms with Crippen LogP contribution in [0.1, 0.15) is 42.2 Å². The van der Waals surface area contributed by atoms with Gasteiger partial charge in [-0.05, 0) is 48.4 Å². The third kappa shape index (κ3) is 4.99. The molecule has 4 rings (SSSR count). The van der Waals surface area contributed by atoms with Crippen molar-refractivity contribution in [3.8, 4) is 23.0 Å². The van der Waals surface area contributed by atoms with Gasteiger partial charge in [-0.25, -0.2) is 0 Å². The second kappa shape index (κ2) is 10.3. The topological polar surface area (TPSA) is 72.3 Å². The van der Waals surface area contributed by atoms with Gasteiger partial charge in [-0.2, -0.15) is 0 Å².